The minimum Gasteiger partial charge on any atom is -0.428 e. The van der Waals surface area contributed by atoms with Crippen LogP contribution in [0.1, 0.15) is 35.1 Å². The smallest absolute Gasteiger partial charge is 0.428 e. The number of hydrogen-bond donors (Lipinski definition) is 2. The number of benzene rings is 3. The first-order valence-electron chi connectivity index (χ1n) is 13.2. The van der Waals surface area contributed by atoms with Crippen molar-refractivity contribution in [1.82, 2.24) is 15.5 Å². The maximum atomic E-state index is 15.0. The van der Waals surface area contributed by atoms with Crippen LogP contribution >= 0.6 is 0 Å². The van der Waals surface area contributed by atoms with E-state index in [0.29, 0.717) is 11.6 Å². The van der Waals surface area contributed by atoms with Crippen molar-refractivity contribution in [3.05, 3.63) is 101 Å². The second-order valence-electron chi connectivity index (χ2n) is 10.8. The molecule has 43 heavy (non-hydrogen) atoms. The van der Waals surface area contributed by atoms with Gasteiger partial charge in [0, 0.05) is 43.5 Å². The molecule has 0 spiro atoms. The largest absolute Gasteiger partial charge is 0.461 e. The van der Waals surface area contributed by atoms with Crippen molar-refractivity contribution >= 4 is 6.03 Å². The molecular formula is C30H29F8N3O2. The monoisotopic (exact) mass is 615 g/mol. The molecular weight excluding hydrogens is 586 g/mol. The van der Waals surface area contributed by atoms with E-state index >= 15 is 4.39 Å². The Kier molecular flexibility index (Phi) is 9.24. The molecule has 1 atom stereocenters. The molecule has 0 saturated heterocycles. The van der Waals surface area contributed by atoms with E-state index in [9.17, 15) is 35.5 Å². The van der Waals surface area contributed by atoms with Gasteiger partial charge in [-0.2, -0.15) is 17.6 Å². The number of carbonyl (C=O) groups excluding carboxylic acids is 1. The number of carbonyl (C=O) groups is 1. The van der Waals surface area contributed by atoms with Crippen molar-refractivity contribution in [2.24, 2.45) is 0 Å². The Labute approximate surface area is 242 Å². The molecule has 1 fully saturated rings. The molecule has 0 aliphatic heterocycles. The van der Waals surface area contributed by atoms with Gasteiger partial charge in [0.2, 0.25) is 0 Å². The Morgan fingerprint density at radius 3 is 2.28 bits per heavy atom. The quantitative estimate of drug-likeness (QED) is 0.232. The van der Waals surface area contributed by atoms with Crippen molar-refractivity contribution < 1.29 is 44.7 Å². The molecule has 3 aromatic rings. The maximum absolute atomic E-state index is 15.0. The van der Waals surface area contributed by atoms with Crippen molar-refractivity contribution in [2.45, 2.75) is 55.8 Å². The van der Waals surface area contributed by atoms with Crippen LogP contribution in [-0.2, 0) is 18.5 Å². The Hall–Kier alpha value is -3.87. The SMILES string of the molecule is CN(C)Cc1cc(C(Cc2ccccc2)(NC(=O)NC2CC(F)(F)C2)c2cc(F)cc(OC(F)(F)C(F)F)c2)ccc1F. The summed E-state index contributed by atoms with van der Waals surface area (Å²) in [6.45, 7) is 0.0998. The molecule has 2 N–H and O–H groups in total. The van der Waals surface area contributed by atoms with Gasteiger partial charge < -0.3 is 20.3 Å². The normalized spacial score (nSPS) is 16.5. The van der Waals surface area contributed by atoms with Crippen molar-refractivity contribution in [1.29, 1.82) is 0 Å². The highest BCUT2D eigenvalue weighted by Gasteiger charge is 2.47. The van der Waals surface area contributed by atoms with Crippen molar-refractivity contribution in [2.75, 3.05) is 14.1 Å². The zero-order valence-electron chi connectivity index (χ0n) is 23.1. The van der Waals surface area contributed by atoms with E-state index in [0.717, 1.165) is 18.2 Å². The summed E-state index contributed by atoms with van der Waals surface area (Å²) in [6, 6.07) is 12.6. The second-order valence-corrected chi connectivity index (χ2v) is 10.8. The Bertz CT molecular complexity index is 1430. The molecule has 13 heteroatoms. The van der Waals surface area contributed by atoms with Crippen LogP contribution < -0.4 is 15.4 Å². The number of ether oxygens (including phenoxy) is 1. The molecule has 0 bridgehead atoms. The molecule has 1 unspecified atom stereocenters. The van der Waals surface area contributed by atoms with Crippen LogP contribution in [0.3, 0.4) is 0 Å². The fraction of sp³-hybridized carbons (Fsp3) is 0.367. The number of amides is 2. The van der Waals surface area contributed by atoms with Crippen LogP contribution in [0.5, 0.6) is 5.75 Å². The lowest BCUT2D eigenvalue weighted by molar-refractivity contribution is -0.253. The van der Waals surface area contributed by atoms with Gasteiger partial charge >= 0.3 is 18.6 Å². The fourth-order valence-electron chi connectivity index (χ4n) is 5.01. The predicted octanol–water partition coefficient (Wildman–Crippen LogP) is 6.85. The number of halogens is 8. The third kappa shape index (κ3) is 7.75. The second kappa shape index (κ2) is 12.4. The van der Waals surface area contributed by atoms with E-state index in [1.807, 2.05) is 0 Å². The number of nitrogens with zero attached hydrogens (tertiary/aromatic N) is 1. The van der Waals surface area contributed by atoms with Gasteiger partial charge in [0.05, 0.1) is 5.54 Å². The van der Waals surface area contributed by atoms with Crippen LogP contribution in [0.25, 0.3) is 0 Å². The zero-order valence-corrected chi connectivity index (χ0v) is 23.1. The summed E-state index contributed by atoms with van der Waals surface area (Å²) in [4.78, 5) is 15.0. The third-order valence-electron chi connectivity index (χ3n) is 6.96. The lowest BCUT2D eigenvalue weighted by Crippen LogP contribution is -2.58. The zero-order chi connectivity index (χ0) is 31.6. The lowest BCUT2D eigenvalue weighted by atomic mass is 9.77. The highest BCUT2D eigenvalue weighted by molar-refractivity contribution is 5.77. The van der Waals surface area contributed by atoms with E-state index in [1.54, 1.807) is 49.3 Å². The van der Waals surface area contributed by atoms with E-state index in [4.69, 9.17) is 0 Å². The maximum Gasteiger partial charge on any atom is 0.461 e. The number of nitrogens with one attached hydrogen (secondary N) is 2. The summed E-state index contributed by atoms with van der Waals surface area (Å²) in [5.41, 5.74) is -1.21. The van der Waals surface area contributed by atoms with E-state index < -0.39 is 66.3 Å². The van der Waals surface area contributed by atoms with Crippen molar-refractivity contribution in [3.8, 4) is 5.75 Å². The molecule has 0 aromatic heterocycles. The van der Waals surface area contributed by atoms with E-state index in [1.165, 1.54) is 12.1 Å². The average Bonchev–Trinajstić information content (AvgIpc) is 2.88. The summed E-state index contributed by atoms with van der Waals surface area (Å²) >= 11 is 0. The standard InChI is InChI=1S/C30H29F8N3O2/c1-41(2)17-19-10-20(8-9-25(19)32)29(14-18-6-4-3-5-7-18,40-27(42)39-23-15-28(35,36)16-23)21-11-22(31)13-24(12-21)43-30(37,38)26(33)34/h3-13,23,26H,14-17H2,1-2H3,(H2,39,40,42). The topological polar surface area (TPSA) is 53.6 Å². The number of hydrogen-bond acceptors (Lipinski definition) is 3. The lowest BCUT2D eigenvalue weighted by Gasteiger charge is -2.39. The molecule has 1 saturated carbocycles. The molecule has 4 rings (SSSR count). The number of rotatable bonds is 11. The van der Waals surface area contributed by atoms with Crippen LogP contribution in [0.4, 0.5) is 39.9 Å². The first kappa shape index (κ1) is 32.1. The summed E-state index contributed by atoms with van der Waals surface area (Å²) in [6.07, 6.45) is -10.6. The Morgan fingerprint density at radius 1 is 1.00 bits per heavy atom. The molecule has 2 amide bonds. The predicted molar refractivity (Wildman–Crippen MR) is 142 cm³/mol. The Balaban J connectivity index is 1.91. The molecule has 0 heterocycles. The summed E-state index contributed by atoms with van der Waals surface area (Å²) in [5, 5.41) is 5.13. The van der Waals surface area contributed by atoms with Crippen LogP contribution in [-0.4, -0.2) is 49.5 Å². The van der Waals surface area contributed by atoms with Crippen molar-refractivity contribution in [3.63, 3.8) is 0 Å². The summed E-state index contributed by atoms with van der Waals surface area (Å²) in [7, 11) is 3.37. The first-order valence-corrected chi connectivity index (χ1v) is 13.2. The molecule has 0 radical (unpaired) electrons. The van der Waals surface area contributed by atoms with Gasteiger partial charge in [-0.25, -0.2) is 22.4 Å². The van der Waals surface area contributed by atoms with Gasteiger partial charge in [0.25, 0.3) is 5.92 Å². The minimum absolute atomic E-state index is 0.0998. The number of alkyl halides is 6. The van der Waals surface area contributed by atoms with Gasteiger partial charge in [0.1, 0.15) is 17.4 Å². The third-order valence-corrected chi connectivity index (χ3v) is 6.96. The molecule has 1 aliphatic rings. The molecule has 232 valence electrons. The van der Waals surface area contributed by atoms with E-state index in [-0.39, 0.29) is 29.7 Å². The first-order chi connectivity index (χ1) is 20.1. The summed E-state index contributed by atoms with van der Waals surface area (Å²) < 4.78 is 115. The molecule has 1 aliphatic carbocycles. The highest BCUT2D eigenvalue weighted by atomic mass is 19.3. The summed E-state index contributed by atoms with van der Waals surface area (Å²) in [5.74, 6) is -5.69. The Morgan fingerprint density at radius 2 is 1.67 bits per heavy atom. The van der Waals surface area contributed by atoms with Gasteiger partial charge in [-0.1, -0.05) is 36.4 Å². The van der Waals surface area contributed by atoms with Crippen LogP contribution in [0.15, 0.2) is 66.7 Å². The highest BCUT2D eigenvalue weighted by Crippen LogP contribution is 2.40. The van der Waals surface area contributed by atoms with Gasteiger partial charge in [-0.3, -0.25) is 0 Å². The van der Waals surface area contributed by atoms with Gasteiger partial charge in [-0.15, -0.1) is 0 Å². The van der Waals surface area contributed by atoms with Crippen LogP contribution in [0.2, 0.25) is 0 Å². The average molecular weight is 616 g/mol. The molecule has 5 nitrogen and oxygen atoms in total. The van der Waals surface area contributed by atoms with E-state index in [2.05, 4.69) is 15.4 Å². The fourth-order valence-corrected chi connectivity index (χ4v) is 5.01. The number of urea groups is 1. The van der Waals surface area contributed by atoms with Crippen LogP contribution in [0, 0.1) is 11.6 Å². The minimum atomic E-state index is -4.97. The van der Waals surface area contributed by atoms with Gasteiger partial charge in [0.15, 0.2) is 0 Å². The molecule has 3 aromatic carbocycles. The van der Waals surface area contributed by atoms with Gasteiger partial charge in [-0.05, 0) is 55.1 Å².